The summed E-state index contributed by atoms with van der Waals surface area (Å²) in [6.07, 6.45) is 10.9. The van der Waals surface area contributed by atoms with E-state index in [0.717, 1.165) is 42.2 Å². The molecule has 0 bridgehead atoms. The van der Waals surface area contributed by atoms with Crippen LogP contribution < -0.4 is 9.47 Å². The zero-order chi connectivity index (χ0) is 20.8. The second kappa shape index (κ2) is 9.31. The highest BCUT2D eigenvalue weighted by Crippen LogP contribution is 2.29. The van der Waals surface area contributed by atoms with E-state index in [1.54, 1.807) is 18.6 Å². The molecular weight excluding hydrogens is 380 g/mol. The van der Waals surface area contributed by atoms with E-state index >= 15 is 0 Å². The number of carbonyl (C=O) groups is 1. The van der Waals surface area contributed by atoms with Crippen molar-refractivity contribution in [2.75, 3.05) is 6.61 Å². The molecule has 6 nitrogen and oxygen atoms in total. The summed E-state index contributed by atoms with van der Waals surface area (Å²) in [5.74, 6) is 0.639. The molecule has 2 heterocycles. The van der Waals surface area contributed by atoms with Crippen LogP contribution in [0.15, 0.2) is 67.3 Å². The summed E-state index contributed by atoms with van der Waals surface area (Å²) in [6.45, 7) is 1.16. The van der Waals surface area contributed by atoms with E-state index in [1.165, 1.54) is 5.56 Å². The van der Waals surface area contributed by atoms with Crippen LogP contribution in [0.5, 0.6) is 11.5 Å². The van der Waals surface area contributed by atoms with Gasteiger partial charge in [0.25, 0.3) is 0 Å². The van der Waals surface area contributed by atoms with Crippen molar-refractivity contribution in [3.8, 4) is 11.5 Å². The molecule has 3 aromatic rings. The normalized spacial score (nSPS) is 15.5. The van der Waals surface area contributed by atoms with Crippen LogP contribution in [0.25, 0.3) is 6.08 Å². The summed E-state index contributed by atoms with van der Waals surface area (Å²) in [5.41, 5.74) is 3.04. The molecule has 1 aromatic heterocycles. The van der Waals surface area contributed by atoms with Crippen LogP contribution >= 0.6 is 0 Å². The second-order valence-electron chi connectivity index (χ2n) is 7.30. The van der Waals surface area contributed by atoms with Crippen molar-refractivity contribution in [3.05, 3.63) is 84.0 Å². The molecule has 1 N–H and O–H groups in total. The number of imidazole rings is 1. The number of benzene rings is 2. The molecule has 0 saturated heterocycles. The predicted octanol–water partition coefficient (Wildman–Crippen LogP) is 4.19. The van der Waals surface area contributed by atoms with Gasteiger partial charge in [0.15, 0.2) is 0 Å². The number of nitrogens with zero attached hydrogens (tertiary/aromatic N) is 2. The van der Waals surface area contributed by atoms with E-state index in [2.05, 4.69) is 11.1 Å². The van der Waals surface area contributed by atoms with Gasteiger partial charge in [-0.2, -0.15) is 0 Å². The summed E-state index contributed by atoms with van der Waals surface area (Å²) in [4.78, 5) is 15.0. The van der Waals surface area contributed by atoms with Crippen LogP contribution in [-0.4, -0.2) is 33.3 Å². The Labute approximate surface area is 175 Å². The van der Waals surface area contributed by atoms with E-state index in [9.17, 15) is 4.79 Å². The Morgan fingerprint density at radius 3 is 3.03 bits per heavy atom. The van der Waals surface area contributed by atoms with E-state index in [0.29, 0.717) is 18.9 Å². The van der Waals surface area contributed by atoms with E-state index < -0.39 is 5.97 Å². The molecule has 1 aliphatic heterocycles. The first-order valence-electron chi connectivity index (χ1n) is 10.0. The highest BCUT2D eigenvalue weighted by atomic mass is 16.5. The van der Waals surface area contributed by atoms with Crippen molar-refractivity contribution in [3.63, 3.8) is 0 Å². The maximum absolute atomic E-state index is 10.9. The molecule has 0 spiro atoms. The lowest BCUT2D eigenvalue weighted by Crippen LogP contribution is -2.24. The molecule has 6 heteroatoms. The van der Waals surface area contributed by atoms with Crippen molar-refractivity contribution in [2.45, 2.75) is 31.9 Å². The number of hydrogen-bond acceptors (Lipinski definition) is 4. The van der Waals surface area contributed by atoms with Gasteiger partial charge in [0.05, 0.1) is 12.9 Å². The SMILES string of the molecule is O=C(O)/C=C/c1ccc(Cn2ccnc2)cc1OCCC1CCc2ccccc2O1. The highest BCUT2D eigenvalue weighted by molar-refractivity contribution is 5.85. The molecule has 0 amide bonds. The molecule has 154 valence electrons. The van der Waals surface area contributed by atoms with E-state index in [1.807, 2.05) is 47.2 Å². The largest absolute Gasteiger partial charge is 0.493 e. The Balaban J connectivity index is 1.42. The molecule has 4 rings (SSSR count). The fraction of sp³-hybridized carbons (Fsp3) is 0.250. The fourth-order valence-corrected chi connectivity index (χ4v) is 3.58. The van der Waals surface area contributed by atoms with Gasteiger partial charge in [0, 0.05) is 37.0 Å². The molecule has 30 heavy (non-hydrogen) atoms. The van der Waals surface area contributed by atoms with Crippen LogP contribution in [0.2, 0.25) is 0 Å². The average molecular weight is 404 g/mol. The molecule has 0 aliphatic carbocycles. The summed E-state index contributed by atoms with van der Waals surface area (Å²) < 4.78 is 14.1. The van der Waals surface area contributed by atoms with Gasteiger partial charge in [-0.3, -0.25) is 0 Å². The van der Waals surface area contributed by atoms with Crippen LogP contribution in [0.1, 0.15) is 29.5 Å². The second-order valence-corrected chi connectivity index (χ2v) is 7.30. The van der Waals surface area contributed by atoms with Gasteiger partial charge in [-0.15, -0.1) is 0 Å². The van der Waals surface area contributed by atoms with E-state index in [4.69, 9.17) is 14.6 Å². The Kier molecular flexibility index (Phi) is 6.13. The summed E-state index contributed by atoms with van der Waals surface area (Å²) in [6, 6.07) is 14.0. The number of fused-ring (bicyclic) bond motifs is 1. The average Bonchev–Trinajstić information content (AvgIpc) is 3.26. The quantitative estimate of drug-likeness (QED) is 0.570. The number of carboxylic acid groups (broad SMARTS) is 1. The topological polar surface area (TPSA) is 73.6 Å². The van der Waals surface area contributed by atoms with Crippen molar-refractivity contribution < 1.29 is 19.4 Å². The third-order valence-electron chi connectivity index (χ3n) is 5.11. The number of ether oxygens (including phenoxy) is 2. The lowest BCUT2D eigenvalue weighted by molar-refractivity contribution is -0.131. The summed E-state index contributed by atoms with van der Waals surface area (Å²) >= 11 is 0. The van der Waals surface area contributed by atoms with Crippen LogP contribution in [0, 0.1) is 0 Å². The van der Waals surface area contributed by atoms with Gasteiger partial charge in [-0.05, 0) is 42.2 Å². The number of aliphatic carboxylic acids is 1. The number of aromatic nitrogens is 2. The van der Waals surface area contributed by atoms with Gasteiger partial charge >= 0.3 is 5.97 Å². The van der Waals surface area contributed by atoms with Gasteiger partial charge < -0.3 is 19.1 Å². The van der Waals surface area contributed by atoms with Crippen LogP contribution in [0.3, 0.4) is 0 Å². The Morgan fingerprint density at radius 2 is 2.20 bits per heavy atom. The predicted molar refractivity (Wildman–Crippen MR) is 114 cm³/mol. The Morgan fingerprint density at radius 1 is 1.30 bits per heavy atom. The molecule has 1 aliphatic rings. The third-order valence-corrected chi connectivity index (χ3v) is 5.11. The van der Waals surface area contributed by atoms with Crippen LogP contribution in [0.4, 0.5) is 0 Å². The highest BCUT2D eigenvalue weighted by Gasteiger charge is 2.19. The number of para-hydroxylation sites is 1. The smallest absolute Gasteiger partial charge is 0.328 e. The zero-order valence-corrected chi connectivity index (χ0v) is 16.6. The third kappa shape index (κ3) is 5.08. The number of rotatable bonds is 8. The number of carboxylic acids is 1. The minimum Gasteiger partial charge on any atom is -0.493 e. The summed E-state index contributed by atoms with van der Waals surface area (Å²) in [7, 11) is 0. The lowest BCUT2D eigenvalue weighted by Gasteiger charge is -2.26. The van der Waals surface area contributed by atoms with Gasteiger partial charge in [-0.1, -0.05) is 30.3 Å². The van der Waals surface area contributed by atoms with Gasteiger partial charge in [-0.25, -0.2) is 9.78 Å². The monoisotopic (exact) mass is 404 g/mol. The first kappa shape index (κ1) is 19.8. The first-order chi connectivity index (χ1) is 14.7. The van der Waals surface area contributed by atoms with E-state index in [-0.39, 0.29) is 6.10 Å². The van der Waals surface area contributed by atoms with Crippen LogP contribution in [-0.2, 0) is 17.8 Å². The van der Waals surface area contributed by atoms with Crippen molar-refractivity contribution in [2.24, 2.45) is 0 Å². The lowest BCUT2D eigenvalue weighted by atomic mass is 10.0. The fourth-order valence-electron chi connectivity index (χ4n) is 3.58. The molecule has 0 saturated carbocycles. The maximum Gasteiger partial charge on any atom is 0.328 e. The van der Waals surface area contributed by atoms with Gasteiger partial charge in [0.1, 0.15) is 17.6 Å². The molecular formula is C24H24N2O4. The molecule has 0 fully saturated rings. The van der Waals surface area contributed by atoms with Crippen molar-refractivity contribution >= 4 is 12.0 Å². The van der Waals surface area contributed by atoms with Gasteiger partial charge in [0.2, 0.25) is 0 Å². The molecule has 2 aromatic carbocycles. The zero-order valence-electron chi connectivity index (χ0n) is 16.6. The molecule has 1 unspecified atom stereocenters. The Bertz CT molecular complexity index is 1030. The number of hydrogen-bond donors (Lipinski definition) is 1. The van der Waals surface area contributed by atoms with Crippen molar-refractivity contribution in [1.29, 1.82) is 0 Å². The number of aryl methyl sites for hydroxylation is 1. The Hall–Kier alpha value is -3.54. The maximum atomic E-state index is 10.9. The first-order valence-corrected chi connectivity index (χ1v) is 10.0. The van der Waals surface area contributed by atoms with Crippen molar-refractivity contribution in [1.82, 2.24) is 9.55 Å². The summed E-state index contributed by atoms with van der Waals surface area (Å²) in [5, 5.41) is 8.96. The molecule has 0 radical (unpaired) electrons. The molecule has 1 atom stereocenters. The minimum absolute atomic E-state index is 0.118. The minimum atomic E-state index is -0.988. The standard InChI is InChI=1S/C24H24N2O4/c27-24(28)10-8-20-6-5-18(16-26-13-12-25-17-26)15-23(20)29-14-11-21-9-7-19-3-1-2-4-22(19)30-21/h1-6,8,10,12-13,15,17,21H,7,9,11,14,16H2,(H,27,28)/b10-8+.